The highest BCUT2D eigenvalue weighted by molar-refractivity contribution is 5.82. The van der Waals surface area contributed by atoms with Gasteiger partial charge in [0.25, 0.3) is 0 Å². The summed E-state index contributed by atoms with van der Waals surface area (Å²) in [4.78, 5) is 0. The monoisotopic (exact) mass is 447 g/mol. The van der Waals surface area contributed by atoms with Crippen molar-refractivity contribution in [3.8, 4) is 11.5 Å². The van der Waals surface area contributed by atoms with Gasteiger partial charge in [0.1, 0.15) is 11.5 Å². The molecule has 0 amide bonds. The van der Waals surface area contributed by atoms with E-state index in [2.05, 4.69) is 103 Å². The fourth-order valence-electron chi connectivity index (χ4n) is 3.64. The van der Waals surface area contributed by atoms with E-state index in [1.165, 1.54) is 5.56 Å². The molecule has 0 bridgehead atoms. The number of nitrogens with one attached hydrogen (secondary N) is 1. The quantitative estimate of drug-likeness (QED) is 0.278. The fourth-order valence-corrected chi connectivity index (χ4v) is 3.64. The van der Waals surface area contributed by atoms with Gasteiger partial charge in [0.05, 0.1) is 14.2 Å². The van der Waals surface area contributed by atoms with Crippen LogP contribution in [0.15, 0.2) is 109 Å². The van der Waals surface area contributed by atoms with Crippen molar-refractivity contribution in [1.82, 2.24) is 0 Å². The Morgan fingerprint density at radius 1 is 0.618 bits per heavy atom. The lowest BCUT2D eigenvalue weighted by Gasteiger charge is -2.10. The molecule has 3 nitrogen and oxygen atoms in total. The average molecular weight is 448 g/mol. The Balaban J connectivity index is 1.54. The molecule has 1 N–H and O–H groups in total. The number of hydrogen-bond acceptors (Lipinski definition) is 3. The summed E-state index contributed by atoms with van der Waals surface area (Å²) in [5.74, 6) is 1.68. The lowest BCUT2D eigenvalue weighted by Crippen LogP contribution is -1.90. The molecule has 0 aromatic heterocycles. The van der Waals surface area contributed by atoms with Crippen molar-refractivity contribution < 1.29 is 9.47 Å². The largest absolute Gasteiger partial charge is 0.497 e. The van der Waals surface area contributed by atoms with Gasteiger partial charge in [-0.15, -0.1) is 0 Å². The van der Waals surface area contributed by atoms with Crippen molar-refractivity contribution in [2.24, 2.45) is 0 Å². The first-order valence-corrected chi connectivity index (χ1v) is 11.3. The molecule has 0 heterocycles. The Labute approximate surface area is 202 Å². The molecule has 170 valence electrons. The van der Waals surface area contributed by atoms with Crippen LogP contribution in [0.4, 0.5) is 11.4 Å². The van der Waals surface area contributed by atoms with Crippen LogP contribution in [0.3, 0.4) is 0 Å². The van der Waals surface area contributed by atoms with Crippen LogP contribution in [-0.2, 0) is 0 Å². The summed E-state index contributed by atoms with van der Waals surface area (Å²) in [6.45, 7) is 2.09. The van der Waals surface area contributed by atoms with Gasteiger partial charge in [-0.3, -0.25) is 0 Å². The molecule has 4 aromatic rings. The lowest BCUT2D eigenvalue weighted by atomic mass is 9.97. The molecule has 4 rings (SSSR count). The second-order valence-corrected chi connectivity index (χ2v) is 8.01. The zero-order valence-electron chi connectivity index (χ0n) is 19.8. The number of hydrogen-bond donors (Lipinski definition) is 1. The normalized spacial score (nSPS) is 10.7. The maximum Gasteiger partial charge on any atom is 0.118 e. The molecule has 0 saturated heterocycles. The molecule has 0 aliphatic rings. The zero-order chi connectivity index (χ0) is 23.8. The predicted molar refractivity (Wildman–Crippen MR) is 143 cm³/mol. The van der Waals surface area contributed by atoms with Crippen LogP contribution in [0.2, 0.25) is 0 Å². The van der Waals surface area contributed by atoms with Gasteiger partial charge in [0.2, 0.25) is 0 Å². The molecule has 0 aliphatic carbocycles. The third-order valence-electron chi connectivity index (χ3n) is 5.60. The van der Waals surface area contributed by atoms with Gasteiger partial charge in [0, 0.05) is 11.4 Å². The van der Waals surface area contributed by atoms with E-state index in [1.807, 2.05) is 24.3 Å². The van der Waals surface area contributed by atoms with Gasteiger partial charge in [-0.05, 0) is 77.7 Å². The van der Waals surface area contributed by atoms with Crippen LogP contribution >= 0.6 is 0 Å². The third-order valence-corrected chi connectivity index (χ3v) is 5.60. The van der Waals surface area contributed by atoms with Crippen molar-refractivity contribution >= 4 is 23.0 Å². The lowest BCUT2D eigenvalue weighted by molar-refractivity contribution is 0.414. The molecule has 0 saturated carbocycles. The number of allylic oxidation sites excluding steroid dienone is 2. The minimum atomic E-state index is 0.840. The Morgan fingerprint density at radius 3 is 1.56 bits per heavy atom. The Bertz CT molecular complexity index is 1200. The van der Waals surface area contributed by atoms with E-state index >= 15 is 0 Å². The topological polar surface area (TPSA) is 30.5 Å². The molecule has 0 fully saturated rings. The SMILES string of the molecule is COc1ccc(C(=CC=Cc2ccc(Nc3ccc(C)cc3)cc2)c2ccc(OC)cc2)cc1. The summed E-state index contributed by atoms with van der Waals surface area (Å²) in [5, 5.41) is 3.44. The van der Waals surface area contributed by atoms with Crippen molar-refractivity contribution in [3.05, 3.63) is 131 Å². The van der Waals surface area contributed by atoms with Crippen molar-refractivity contribution in [1.29, 1.82) is 0 Å². The summed E-state index contributed by atoms with van der Waals surface area (Å²) in [7, 11) is 3.36. The van der Waals surface area contributed by atoms with Crippen LogP contribution < -0.4 is 14.8 Å². The molecule has 0 radical (unpaired) electrons. The maximum absolute atomic E-state index is 5.32. The van der Waals surface area contributed by atoms with Crippen LogP contribution in [0.25, 0.3) is 11.6 Å². The smallest absolute Gasteiger partial charge is 0.118 e. The molecule has 0 aliphatic heterocycles. The van der Waals surface area contributed by atoms with Gasteiger partial charge >= 0.3 is 0 Å². The van der Waals surface area contributed by atoms with Gasteiger partial charge in [-0.2, -0.15) is 0 Å². The summed E-state index contributed by atoms with van der Waals surface area (Å²) in [5.41, 5.74) is 7.90. The first-order valence-electron chi connectivity index (χ1n) is 11.3. The summed E-state index contributed by atoms with van der Waals surface area (Å²) < 4.78 is 10.6. The molecule has 4 aromatic carbocycles. The maximum atomic E-state index is 5.32. The molecule has 0 atom stereocenters. The second kappa shape index (κ2) is 11.1. The molecule has 0 spiro atoms. The van der Waals surface area contributed by atoms with Gasteiger partial charge in [-0.25, -0.2) is 0 Å². The van der Waals surface area contributed by atoms with E-state index in [-0.39, 0.29) is 0 Å². The van der Waals surface area contributed by atoms with Gasteiger partial charge in [-0.1, -0.05) is 72.3 Å². The molecule has 3 heteroatoms. The average Bonchev–Trinajstić information content (AvgIpc) is 2.89. The first kappa shape index (κ1) is 22.9. The van der Waals surface area contributed by atoms with Crippen LogP contribution in [0.5, 0.6) is 11.5 Å². The number of anilines is 2. The van der Waals surface area contributed by atoms with E-state index in [9.17, 15) is 0 Å². The third kappa shape index (κ3) is 5.96. The summed E-state index contributed by atoms with van der Waals surface area (Å²) in [6.07, 6.45) is 6.34. The van der Waals surface area contributed by atoms with Crippen LogP contribution in [-0.4, -0.2) is 14.2 Å². The van der Waals surface area contributed by atoms with Crippen LogP contribution in [0.1, 0.15) is 22.3 Å². The summed E-state index contributed by atoms with van der Waals surface area (Å²) >= 11 is 0. The minimum absolute atomic E-state index is 0.840. The first-order chi connectivity index (χ1) is 16.6. The van der Waals surface area contributed by atoms with E-state index in [4.69, 9.17) is 9.47 Å². The molecule has 0 unspecified atom stereocenters. The second-order valence-electron chi connectivity index (χ2n) is 8.01. The number of aryl methyl sites for hydroxylation is 1. The Hall–Kier alpha value is -4.24. The van der Waals surface area contributed by atoms with Gasteiger partial charge < -0.3 is 14.8 Å². The predicted octanol–water partition coefficient (Wildman–Crippen LogP) is 7.90. The van der Waals surface area contributed by atoms with E-state index < -0.39 is 0 Å². The Kier molecular flexibility index (Phi) is 7.46. The fraction of sp³-hybridized carbons (Fsp3) is 0.0968. The number of benzene rings is 4. The van der Waals surface area contributed by atoms with Crippen molar-refractivity contribution in [2.75, 3.05) is 19.5 Å². The number of methoxy groups -OCH3 is 2. The molecular formula is C31H29NO2. The molecular weight excluding hydrogens is 418 g/mol. The van der Waals surface area contributed by atoms with E-state index in [1.54, 1.807) is 14.2 Å². The standard InChI is InChI=1S/C31H29NO2/c1-23-7-15-27(16-8-23)32-28-17-9-24(10-18-28)5-4-6-31(25-11-19-29(33-2)20-12-25)26-13-21-30(34-3)22-14-26/h4-22,32H,1-3H3. The summed E-state index contributed by atoms with van der Waals surface area (Å²) in [6, 6.07) is 33.0. The zero-order valence-corrected chi connectivity index (χ0v) is 19.8. The van der Waals surface area contributed by atoms with E-state index in [0.29, 0.717) is 0 Å². The number of rotatable bonds is 8. The minimum Gasteiger partial charge on any atom is -0.497 e. The number of ether oxygens (including phenoxy) is 2. The van der Waals surface area contributed by atoms with Crippen molar-refractivity contribution in [3.63, 3.8) is 0 Å². The highest BCUT2D eigenvalue weighted by atomic mass is 16.5. The van der Waals surface area contributed by atoms with Crippen molar-refractivity contribution in [2.45, 2.75) is 6.92 Å². The van der Waals surface area contributed by atoms with Gasteiger partial charge in [0.15, 0.2) is 0 Å². The Morgan fingerprint density at radius 2 is 1.09 bits per heavy atom. The highest BCUT2D eigenvalue weighted by Crippen LogP contribution is 2.27. The highest BCUT2D eigenvalue weighted by Gasteiger charge is 2.05. The van der Waals surface area contributed by atoms with E-state index in [0.717, 1.165) is 45.1 Å². The molecule has 34 heavy (non-hydrogen) atoms. The van der Waals surface area contributed by atoms with Crippen LogP contribution in [0, 0.1) is 6.92 Å².